The third kappa shape index (κ3) is 3.88. The zero-order valence-corrected chi connectivity index (χ0v) is 15.8. The van der Waals surface area contributed by atoms with Crippen molar-refractivity contribution in [3.8, 4) is 5.75 Å². The van der Waals surface area contributed by atoms with E-state index in [4.69, 9.17) is 4.74 Å². The topological polar surface area (TPSA) is 79.6 Å². The van der Waals surface area contributed by atoms with Crippen molar-refractivity contribution in [3.63, 3.8) is 0 Å². The number of halogens is 1. The highest BCUT2D eigenvalue weighted by molar-refractivity contribution is 5.94. The number of benzene rings is 1. The van der Waals surface area contributed by atoms with Crippen molar-refractivity contribution in [3.05, 3.63) is 48.0 Å². The molecule has 1 saturated carbocycles. The van der Waals surface area contributed by atoms with Gasteiger partial charge >= 0.3 is 0 Å². The molecule has 2 N–H and O–H groups in total. The largest absolute Gasteiger partial charge is 0.487 e. The van der Waals surface area contributed by atoms with E-state index < -0.39 is 12.2 Å². The molecular weight excluding hydrogens is 363 g/mol. The van der Waals surface area contributed by atoms with Crippen LogP contribution in [0.2, 0.25) is 0 Å². The highest BCUT2D eigenvalue weighted by atomic mass is 19.1. The Balaban J connectivity index is 1.51. The zero-order valence-electron chi connectivity index (χ0n) is 15.8. The fourth-order valence-corrected chi connectivity index (χ4v) is 4.26. The Hall–Kier alpha value is -2.45. The second-order valence-corrected chi connectivity index (χ2v) is 7.56. The number of aliphatic hydroxyl groups excluding tert-OH is 1. The third-order valence-electron chi connectivity index (χ3n) is 5.56. The Bertz CT molecular complexity index is 836. The van der Waals surface area contributed by atoms with E-state index in [1.165, 1.54) is 18.3 Å². The van der Waals surface area contributed by atoms with Gasteiger partial charge in [-0.1, -0.05) is 6.07 Å². The molecule has 150 valence electrons. The van der Waals surface area contributed by atoms with E-state index in [1.54, 1.807) is 30.1 Å². The van der Waals surface area contributed by atoms with Gasteiger partial charge in [0.05, 0.1) is 23.8 Å². The maximum atomic E-state index is 13.5. The lowest BCUT2D eigenvalue weighted by Gasteiger charge is -2.31. The number of aliphatic hydroxyl groups is 1. The molecule has 1 aliphatic carbocycles. The number of carbonyl (C=O) groups excluding carboxylic acids is 1. The average Bonchev–Trinajstić information content (AvgIpc) is 3.37. The van der Waals surface area contributed by atoms with Crippen LogP contribution >= 0.6 is 0 Å². The second kappa shape index (κ2) is 7.89. The number of aromatic nitrogens is 2. The van der Waals surface area contributed by atoms with Crippen molar-refractivity contribution < 1.29 is 19.0 Å². The van der Waals surface area contributed by atoms with E-state index in [9.17, 15) is 14.3 Å². The van der Waals surface area contributed by atoms with E-state index in [1.807, 2.05) is 0 Å². The molecule has 0 spiro atoms. The molecule has 7 nitrogen and oxygen atoms in total. The van der Waals surface area contributed by atoms with Crippen molar-refractivity contribution in [1.29, 1.82) is 0 Å². The first-order valence-corrected chi connectivity index (χ1v) is 9.65. The van der Waals surface area contributed by atoms with E-state index in [-0.39, 0.29) is 23.8 Å². The number of rotatable bonds is 5. The molecule has 4 atom stereocenters. The van der Waals surface area contributed by atoms with Gasteiger partial charge in [0.25, 0.3) is 5.91 Å². The van der Waals surface area contributed by atoms with Gasteiger partial charge in [-0.3, -0.25) is 14.4 Å². The molecule has 2 heterocycles. The maximum absolute atomic E-state index is 13.5. The van der Waals surface area contributed by atoms with Gasteiger partial charge in [0.15, 0.2) is 0 Å². The van der Waals surface area contributed by atoms with Gasteiger partial charge < -0.3 is 15.2 Å². The van der Waals surface area contributed by atoms with Gasteiger partial charge in [-0.05, 0) is 38.1 Å². The van der Waals surface area contributed by atoms with Crippen molar-refractivity contribution >= 4 is 5.91 Å². The highest BCUT2D eigenvalue weighted by Crippen LogP contribution is 2.31. The molecule has 0 bridgehead atoms. The van der Waals surface area contributed by atoms with E-state index in [0.29, 0.717) is 17.7 Å². The maximum Gasteiger partial charge on any atom is 0.254 e. The Kier molecular flexibility index (Phi) is 5.32. The molecule has 4 rings (SSSR count). The van der Waals surface area contributed by atoms with Gasteiger partial charge in [0.2, 0.25) is 0 Å². The summed E-state index contributed by atoms with van der Waals surface area (Å²) in [5, 5.41) is 18.1. The van der Waals surface area contributed by atoms with Crippen LogP contribution in [0.5, 0.6) is 5.75 Å². The number of hydrogen-bond donors (Lipinski definition) is 2. The Morgan fingerprint density at radius 2 is 2.14 bits per heavy atom. The van der Waals surface area contributed by atoms with Crippen LogP contribution < -0.4 is 10.1 Å². The lowest BCUT2D eigenvalue weighted by Crippen LogP contribution is -2.52. The van der Waals surface area contributed by atoms with Crippen LogP contribution in [-0.4, -0.2) is 63.1 Å². The van der Waals surface area contributed by atoms with Crippen LogP contribution in [0.25, 0.3) is 0 Å². The number of nitrogens with one attached hydrogen (secondary N) is 1. The van der Waals surface area contributed by atoms with Gasteiger partial charge in [0.1, 0.15) is 23.8 Å². The Labute approximate surface area is 163 Å². The van der Waals surface area contributed by atoms with Gasteiger partial charge in [0, 0.05) is 25.7 Å². The summed E-state index contributed by atoms with van der Waals surface area (Å²) in [5.41, 5.74) is 0.478. The molecule has 1 aromatic heterocycles. The summed E-state index contributed by atoms with van der Waals surface area (Å²) in [6, 6.07) is 5.40. The van der Waals surface area contributed by atoms with Crippen LogP contribution in [-0.2, 0) is 7.05 Å². The lowest BCUT2D eigenvalue weighted by atomic mass is 10.1. The van der Waals surface area contributed by atoms with Crippen molar-refractivity contribution in [2.45, 2.75) is 43.6 Å². The fourth-order valence-electron chi connectivity index (χ4n) is 4.26. The normalized spacial score (nSPS) is 27.8. The summed E-state index contributed by atoms with van der Waals surface area (Å²) >= 11 is 0. The van der Waals surface area contributed by atoms with Crippen LogP contribution in [0.1, 0.15) is 29.6 Å². The Morgan fingerprint density at radius 1 is 1.36 bits per heavy atom. The molecule has 8 heteroatoms. The molecule has 2 aromatic rings. The van der Waals surface area contributed by atoms with Crippen LogP contribution in [0.4, 0.5) is 4.39 Å². The predicted molar refractivity (Wildman–Crippen MR) is 100 cm³/mol. The quantitative estimate of drug-likeness (QED) is 0.808. The monoisotopic (exact) mass is 388 g/mol. The minimum absolute atomic E-state index is 0.221. The van der Waals surface area contributed by atoms with Crippen molar-refractivity contribution in [2.24, 2.45) is 7.05 Å². The van der Waals surface area contributed by atoms with E-state index in [2.05, 4.69) is 15.3 Å². The minimum Gasteiger partial charge on any atom is -0.487 e. The minimum atomic E-state index is -0.777. The van der Waals surface area contributed by atoms with Crippen LogP contribution in [0.3, 0.4) is 0 Å². The fraction of sp³-hybridized carbons (Fsp3) is 0.500. The number of aryl methyl sites for hydroxylation is 1. The van der Waals surface area contributed by atoms with Gasteiger partial charge in [-0.15, -0.1) is 0 Å². The lowest BCUT2D eigenvalue weighted by molar-refractivity contribution is 0.0138. The number of hydrogen-bond acceptors (Lipinski definition) is 5. The molecule has 28 heavy (non-hydrogen) atoms. The summed E-state index contributed by atoms with van der Waals surface area (Å²) in [4.78, 5) is 14.9. The summed E-state index contributed by atoms with van der Waals surface area (Å²) in [7, 11) is 1.76. The number of amides is 1. The van der Waals surface area contributed by atoms with Gasteiger partial charge in [-0.25, -0.2) is 4.39 Å². The molecule has 1 amide bonds. The van der Waals surface area contributed by atoms with Crippen LogP contribution in [0.15, 0.2) is 36.7 Å². The number of likely N-dealkylation sites (tertiary alicyclic amines) is 1. The first-order chi connectivity index (χ1) is 13.5. The summed E-state index contributed by atoms with van der Waals surface area (Å²) in [5.74, 6) is -0.230. The van der Waals surface area contributed by atoms with Crippen molar-refractivity contribution in [2.75, 3.05) is 13.1 Å². The Morgan fingerprint density at radius 3 is 2.82 bits per heavy atom. The van der Waals surface area contributed by atoms with Gasteiger partial charge in [-0.2, -0.15) is 5.10 Å². The molecule has 1 aromatic carbocycles. The van der Waals surface area contributed by atoms with Crippen molar-refractivity contribution in [1.82, 2.24) is 20.0 Å². The zero-order chi connectivity index (χ0) is 19.7. The summed E-state index contributed by atoms with van der Waals surface area (Å²) in [6.07, 6.45) is 4.47. The first-order valence-electron chi connectivity index (χ1n) is 9.65. The number of carbonyl (C=O) groups is 1. The molecule has 2 aliphatic rings. The van der Waals surface area contributed by atoms with E-state index in [0.717, 1.165) is 25.9 Å². The number of nitrogens with zero attached hydrogens (tertiary/aromatic N) is 3. The smallest absolute Gasteiger partial charge is 0.254 e. The highest BCUT2D eigenvalue weighted by Gasteiger charge is 2.48. The van der Waals surface area contributed by atoms with E-state index >= 15 is 0 Å². The summed E-state index contributed by atoms with van der Waals surface area (Å²) in [6.45, 7) is 1.77. The summed E-state index contributed by atoms with van der Waals surface area (Å²) < 4.78 is 21.0. The molecule has 1 aliphatic heterocycles. The first kappa shape index (κ1) is 18.9. The molecule has 0 radical (unpaired) electrons. The molecule has 0 unspecified atom stereocenters. The SMILES string of the molecule is Cn1cc(C(=O)N[C@@H]2C[C@@H](Oc3cccc(F)c3)[C@H](O)[C@H]2N2CCCC2)cn1. The molecule has 2 fully saturated rings. The van der Waals surface area contributed by atoms with Crippen LogP contribution in [0, 0.1) is 5.82 Å². The predicted octanol–water partition coefficient (Wildman–Crippen LogP) is 1.33. The third-order valence-corrected chi connectivity index (χ3v) is 5.56. The number of ether oxygens (including phenoxy) is 1. The molecular formula is C20H25FN4O3. The standard InChI is InChI=1S/C20H25FN4O3/c1-24-12-13(11-22-24)20(27)23-16-10-17(28-15-6-4-5-14(21)9-15)19(26)18(16)25-7-2-3-8-25/h4-6,9,11-12,16-19,26H,2-3,7-8,10H2,1H3,(H,23,27)/t16-,17-,18+,19+/m1/s1. The molecule has 1 saturated heterocycles. The second-order valence-electron chi connectivity index (χ2n) is 7.56. The average molecular weight is 388 g/mol.